The zero-order valence-electron chi connectivity index (χ0n) is 11.1. The van der Waals surface area contributed by atoms with Crippen molar-refractivity contribution in [1.29, 1.82) is 0 Å². The van der Waals surface area contributed by atoms with Crippen LogP contribution in [0.25, 0.3) is 10.4 Å². The number of nitrogens with one attached hydrogen (secondary N) is 1. The molecule has 1 aromatic carbocycles. The molecule has 7 nitrogen and oxygen atoms in total. The van der Waals surface area contributed by atoms with E-state index in [0.717, 1.165) is 5.56 Å². The molecule has 7 heteroatoms. The molecular formula is C13H17N5O2. The smallest absolute Gasteiger partial charge is 0.410 e. The van der Waals surface area contributed by atoms with Crippen LogP contribution in [0.3, 0.4) is 0 Å². The molecular weight excluding hydrogens is 258 g/mol. The van der Waals surface area contributed by atoms with Gasteiger partial charge in [0.2, 0.25) is 0 Å². The van der Waals surface area contributed by atoms with Crippen LogP contribution < -0.4 is 5.32 Å². The number of benzene rings is 1. The van der Waals surface area contributed by atoms with Gasteiger partial charge >= 0.3 is 6.09 Å². The highest BCUT2D eigenvalue weighted by Crippen LogP contribution is 2.06. The first-order valence-corrected chi connectivity index (χ1v) is 6.49. The number of nitrogens with zero attached hydrogens (tertiary/aromatic N) is 4. The van der Waals surface area contributed by atoms with E-state index in [-0.39, 0.29) is 18.7 Å². The lowest BCUT2D eigenvalue weighted by molar-refractivity contribution is 0.0856. The van der Waals surface area contributed by atoms with Gasteiger partial charge < -0.3 is 15.0 Å². The van der Waals surface area contributed by atoms with E-state index < -0.39 is 0 Å². The van der Waals surface area contributed by atoms with Crippen LogP contribution in [0.2, 0.25) is 0 Å². The van der Waals surface area contributed by atoms with Gasteiger partial charge in [0.15, 0.2) is 0 Å². The summed E-state index contributed by atoms with van der Waals surface area (Å²) in [5, 5.41) is 6.72. The molecule has 0 bridgehead atoms. The largest absolute Gasteiger partial charge is 0.445 e. The van der Waals surface area contributed by atoms with E-state index in [2.05, 4.69) is 15.3 Å². The molecule has 1 heterocycles. The van der Waals surface area contributed by atoms with Crippen LogP contribution in [0.15, 0.2) is 35.4 Å². The zero-order valence-corrected chi connectivity index (χ0v) is 11.1. The highest BCUT2D eigenvalue weighted by molar-refractivity contribution is 5.67. The second-order valence-electron chi connectivity index (χ2n) is 4.55. The van der Waals surface area contributed by atoms with Crippen LogP contribution >= 0.6 is 0 Å². The Balaban J connectivity index is 1.81. The fourth-order valence-electron chi connectivity index (χ4n) is 2.06. The molecule has 1 amide bonds. The second kappa shape index (κ2) is 7.37. The van der Waals surface area contributed by atoms with E-state index in [4.69, 9.17) is 10.3 Å². The number of ether oxygens (including phenoxy) is 1. The molecule has 0 aromatic heterocycles. The van der Waals surface area contributed by atoms with Gasteiger partial charge in [-0.05, 0) is 11.1 Å². The Bertz CT molecular complexity index is 487. The minimum Gasteiger partial charge on any atom is -0.445 e. The third kappa shape index (κ3) is 4.15. The Morgan fingerprint density at radius 3 is 3.05 bits per heavy atom. The number of hydrogen-bond donors (Lipinski definition) is 1. The van der Waals surface area contributed by atoms with Gasteiger partial charge in [-0.15, -0.1) is 0 Å². The SMILES string of the molecule is [N-]=[N+]=NCC1CN(C(=O)OCc2ccccc2)CCN1. The van der Waals surface area contributed by atoms with Crippen LogP contribution in [-0.2, 0) is 11.3 Å². The predicted molar refractivity (Wildman–Crippen MR) is 74.0 cm³/mol. The van der Waals surface area contributed by atoms with Gasteiger partial charge in [-0.25, -0.2) is 4.79 Å². The van der Waals surface area contributed by atoms with Crippen molar-refractivity contribution in [2.24, 2.45) is 5.11 Å². The summed E-state index contributed by atoms with van der Waals surface area (Å²) in [5.41, 5.74) is 9.27. The summed E-state index contributed by atoms with van der Waals surface area (Å²) in [6, 6.07) is 9.55. The molecule has 0 saturated carbocycles. The fraction of sp³-hybridized carbons (Fsp3) is 0.462. The Hall–Kier alpha value is -2.24. The molecule has 1 aliphatic heterocycles. The highest BCUT2D eigenvalue weighted by Gasteiger charge is 2.23. The van der Waals surface area contributed by atoms with Gasteiger partial charge in [-0.3, -0.25) is 0 Å². The second-order valence-corrected chi connectivity index (χ2v) is 4.55. The summed E-state index contributed by atoms with van der Waals surface area (Å²) in [4.78, 5) is 16.3. The number of carbonyl (C=O) groups excluding carboxylic acids is 1. The van der Waals surface area contributed by atoms with Crippen molar-refractivity contribution in [2.45, 2.75) is 12.6 Å². The van der Waals surface area contributed by atoms with Crippen LogP contribution in [0.1, 0.15) is 5.56 Å². The standard InChI is InChI=1S/C13H17N5O2/c14-17-16-8-12-9-18(7-6-15-12)13(19)20-10-11-4-2-1-3-5-11/h1-5,12,15H,6-10H2. The number of amides is 1. The summed E-state index contributed by atoms with van der Waals surface area (Å²) in [5.74, 6) is 0. The Labute approximate surface area is 117 Å². The van der Waals surface area contributed by atoms with Gasteiger partial charge in [0.25, 0.3) is 0 Å². The topological polar surface area (TPSA) is 90.3 Å². The van der Waals surface area contributed by atoms with Crippen molar-refractivity contribution in [1.82, 2.24) is 10.2 Å². The average molecular weight is 275 g/mol. The molecule has 0 radical (unpaired) electrons. The van der Waals surface area contributed by atoms with Crippen LogP contribution in [-0.4, -0.2) is 43.2 Å². The third-order valence-electron chi connectivity index (χ3n) is 3.08. The number of hydrogen-bond acceptors (Lipinski definition) is 4. The fourth-order valence-corrected chi connectivity index (χ4v) is 2.06. The molecule has 20 heavy (non-hydrogen) atoms. The summed E-state index contributed by atoms with van der Waals surface area (Å²) >= 11 is 0. The Kier molecular flexibility index (Phi) is 5.23. The molecule has 1 saturated heterocycles. The lowest BCUT2D eigenvalue weighted by atomic mass is 10.2. The van der Waals surface area contributed by atoms with Crippen molar-refractivity contribution in [3.63, 3.8) is 0 Å². The minimum atomic E-state index is -0.332. The Morgan fingerprint density at radius 1 is 1.50 bits per heavy atom. The van der Waals surface area contributed by atoms with E-state index in [9.17, 15) is 4.79 Å². The number of rotatable bonds is 4. The molecule has 1 fully saturated rings. The van der Waals surface area contributed by atoms with E-state index >= 15 is 0 Å². The zero-order chi connectivity index (χ0) is 14.2. The van der Waals surface area contributed by atoms with Crippen molar-refractivity contribution in [2.75, 3.05) is 26.2 Å². The predicted octanol–water partition coefficient (Wildman–Crippen LogP) is 1.91. The van der Waals surface area contributed by atoms with Crippen molar-refractivity contribution >= 4 is 6.09 Å². The minimum absolute atomic E-state index is 0.0103. The van der Waals surface area contributed by atoms with E-state index in [1.165, 1.54) is 0 Å². The Morgan fingerprint density at radius 2 is 2.30 bits per heavy atom. The lowest BCUT2D eigenvalue weighted by Gasteiger charge is -2.32. The van der Waals surface area contributed by atoms with Gasteiger partial charge in [0.1, 0.15) is 6.61 Å². The van der Waals surface area contributed by atoms with Crippen molar-refractivity contribution in [3.8, 4) is 0 Å². The molecule has 1 aliphatic rings. The molecule has 106 valence electrons. The van der Waals surface area contributed by atoms with Crippen LogP contribution in [0.4, 0.5) is 4.79 Å². The van der Waals surface area contributed by atoms with Gasteiger partial charge in [0, 0.05) is 37.1 Å². The number of carbonyl (C=O) groups is 1. The molecule has 0 spiro atoms. The first-order chi connectivity index (χ1) is 9.79. The average Bonchev–Trinajstić information content (AvgIpc) is 2.52. The lowest BCUT2D eigenvalue weighted by Crippen LogP contribution is -2.53. The van der Waals surface area contributed by atoms with Crippen LogP contribution in [0, 0.1) is 0 Å². The van der Waals surface area contributed by atoms with Crippen molar-refractivity contribution < 1.29 is 9.53 Å². The first kappa shape index (κ1) is 14.2. The maximum Gasteiger partial charge on any atom is 0.410 e. The number of piperazine rings is 1. The van der Waals surface area contributed by atoms with Gasteiger partial charge in [-0.1, -0.05) is 35.4 Å². The van der Waals surface area contributed by atoms with E-state index in [0.29, 0.717) is 26.2 Å². The molecule has 0 aliphatic carbocycles. The normalized spacial score (nSPS) is 18.2. The first-order valence-electron chi connectivity index (χ1n) is 6.49. The van der Waals surface area contributed by atoms with Crippen molar-refractivity contribution in [3.05, 3.63) is 46.3 Å². The summed E-state index contributed by atoms with van der Waals surface area (Å²) in [6.07, 6.45) is -0.332. The molecule has 1 unspecified atom stereocenters. The van der Waals surface area contributed by atoms with Crippen LogP contribution in [0.5, 0.6) is 0 Å². The van der Waals surface area contributed by atoms with E-state index in [1.807, 2.05) is 30.3 Å². The highest BCUT2D eigenvalue weighted by atomic mass is 16.6. The third-order valence-corrected chi connectivity index (χ3v) is 3.08. The summed E-state index contributed by atoms with van der Waals surface area (Å²) in [6.45, 7) is 2.36. The molecule has 1 aromatic rings. The monoisotopic (exact) mass is 275 g/mol. The number of azide groups is 1. The van der Waals surface area contributed by atoms with E-state index in [1.54, 1.807) is 4.90 Å². The molecule has 1 atom stereocenters. The van der Waals surface area contributed by atoms with Gasteiger partial charge in [0.05, 0.1) is 0 Å². The van der Waals surface area contributed by atoms with Gasteiger partial charge in [-0.2, -0.15) is 0 Å². The quantitative estimate of drug-likeness (QED) is 0.517. The molecule has 1 N–H and O–H groups in total. The molecule has 2 rings (SSSR count). The summed E-state index contributed by atoms with van der Waals surface area (Å²) < 4.78 is 5.28. The maximum atomic E-state index is 12.0. The summed E-state index contributed by atoms with van der Waals surface area (Å²) in [7, 11) is 0. The maximum absolute atomic E-state index is 12.0.